The van der Waals surface area contributed by atoms with Gasteiger partial charge in [-0.1, -0.05) is 30.3 Å². The largest absolute Gasteiger partial charge is 0.480 e. The third-order valence-corrected chi connectivity index (χ3v) is 6.29. The van der Waals surface area contributed by atoms with Gasteiger partial charge in [-0.05, 0) is 32.3 Å². The number of carbonyl (C=O) groups is 2. The molecule has 3 rings (SSSR count). The summed E-state index contributed by atoms with van der Waals surface area (Å²) in [7, 11) is 0. The number of aliphatic hydroxyl groups is 1. The van der Waals surface area contributed by atoms with Crippen molar-refractivity contribution in [3.05, 3.63) is 35.9 Å². The van der Waals surface area contributed by atoms with Crippen LogP contribution in [-0.4, -0.2) is 49.3 Å². The van der Waals surface area contributed by atoms with E-state index in [1.165, 1.54) is 16.7 Å². The number of amides is 1. The Bertz CT molecular complexity index is 618. The van der Waals surface area contributed by atoms with Crippen molar-refractivity contribution >= 4 is 23.6 Å². The molecule has 2 saturated heterocycles. The number of thioether (sulfide) groups is 1. The lowest BCUT2D eigenvalue weighted by molar-refractivity contribution is -0.169. The Kier molecular flexibility index (Phi) is 4.14. The standard InChI is InChI=1S/C17H21NO4S/c1-17(2)13(16(21)22)18-14(20)12(15(18)23-17)11(19)9-8-10-6-4-3-5-7-10/h3-7,11-13,15,19H,8-9H2,1-2H3,(H,21,22)/t11-,12+,13-,15+/m0/s1. The molecular weight excluding hydrogens is 314 g/mol. The molecule has 2 fully saturated rings. The molecule has 0 aromatic heterocycles. The first-order valence-electron chi connectivity index (χ1n) is 7.78. The number of aliphatic carboxylic acids is 1. The molecule has 4 atom stereocenters. The minimum atomic E-state index is -0.976. The van der Waals surface area contributed by atoms with Crippen molar-refractivity contribution in [3.8, 4) is 0 Å². The third-order valence-electron chi connectivity index (χ3n) is 4.70. The van der Waals surface area contributed by atoms with E-state index < -0.39 is 28.8 Å². The van der Waals surface area contributed by atoms with Crippen molar-refractivity contribution in [1.82, 2.24) is 4.90 Å². The van der Waals surface area contributed by atoms with Gasteiger partial charge in [-0.2, -0.15) is 0 Å². The van der Waals surface area contributed by atoms with E-state index >= 15 is 0 Å². The van der Waals surface area contributed by atoms with Crippen LogP contribution in [0.5, 0.6) is 0 Å². The van der Waals surface area contributed by atoms with Crippen molar-refractivity contribution in [2.45, 2.75) is 49.0 Å². The second-order valence-electron chi connectivity index (χ2n) is 6.72. The maximum atomic E-state index is 12.4. The van der Waals surface area contributed by atoms with Gasteiger partial charge >= 0.3 is 5.97 Å². The van der Waals surface area contributed by atoms with Crippen molar-refractivity contribution < 1.29 is 19.8 Å². The van der Waals surface area contributed by atoms with Gasteiger partial charge in [0, 0.05) is 4.75 Å². The van der Waals surface area contributed by atoms with Crippen molar-refractivity contribution in [2.75, 3.05) is 0 Å². The van der Waals surface area contributed by atoms with Crippen molar-refractivity contribution in [3.63, 3.8) is 0 Å². The lowest BCUT2D eigenvalue weighted by atomic mass is 9.85. The van der Waals surface area contributed by atoms with Gasteiger partial charge in [-0.25, -0.2) is 4.79 Å². The Hall–Kier alpha value is -1.53. The molecule has 2 aliphatic rings. The Balaban J connectivity index is 1.66. The van der Waals surface area contributed by atoms with Gasteiger partial charge < -0.3 is 15.1 Å². The summed E-state index contributed by atoms with van der Waals surface area (Å²) in [6.07, 6.45) is 0.470. The number of hydrogen-bond acceptors (Lipinski definition) is 4. The van der Waals surface area contributed by atoms with Crippen LogP contribution in [-0.2, 0) is 16.0 Å². The van der Waals surface area contributed by atoms with E-state index in [0.29, 0.717) is 12.8 Å². The number of carbonyl (C=O) groups excluding carboxylic acids is 1. The van der Waals surface area contributed by atoms with E-state index in [0.717, 1.165) is 5.56 Å². The molecule has 6 heteroatoms. The number of β-lactam (4-membered cyclic amide) rings is 1. The van der Waals surface area contributed by atoms with Crippen molar-refractivity contribution in [2.24, 2.45) is 5.92 Å². The Morgan fingerprint density at radius 3 is 2.61 bits per heavy atom. The summed E-state index contributed by atoms with van der Waals surface area (Å²) >= 11 is 1.48. The van der Waals surface area contributed by atoms with Crippen LogP contribution in [0.25, 0.3) is 0 Å². The highest BCUT2D eigenvalue weighted by Gasteiger charge is 2.64. The summed E-state index contributed by atoms with van der Waals surface area (Å²) in [4.78, 5) is 25.3. The number of aliphatic hydroxyl groups excluding tert-OH is 1. The highest BCUT2D eigenvalue weighted by atomic mass is 32.2. The quantitative estimate of drug-likeness (QED) is 0.802. The number of carboxylic acids is 1. The molecule has 0 aliphatic carbocycles. The molecule has 0 spiro atoms. The summed E-state index contributed by atoms with van der Waals surface area (Å²) in [5, 5.41) is 19.6. The van der Waals surface area contributed by atoms with E-state index in [2.05, 4.69) is 0 Å². The van der Waals surface area contributed by atoms with E-state index in [9.17, 15) is 19.8 Å². The van der Waals surface area contributed by atoms with Crippen LogP contribution in [0.1, 0.15) is 25.8 Å². The maximum absolute atomic E-state index is 12.4. The molecule has 5 nitrogen and oxygen atoms in total. The summed E-state index contributed by atoms with van der Waals surface area (Å²) in [5.41, 5.74) is 1.12. The number of hydrogen-bond donors (Lipinski definition) is 2. The predicted octanol–water partition coefficient (Wildman–Crippen LogP) is 1.74. The van der Waals surface area contributed by atoms with Gasteiger partial charge in [0.15, 0.2) is 0 Å². The molecule has 2 N–H and O–H groups in total. The topological polar surface area (TPSA) is 77.8 Å². The highest BCUT2D eigenvalue weighted by Crippen LogP contribution is 2.54. The molecule has 124 valence electrons. The zero-order valence-corrected chi connectivity index (χ0v) is 14.0. The molecule has 0 saturated carbocycles. The molecule has 23 heavy (non-hydrogen) atoms. The van der Waals surface area contributed by atoms with Crippen LogP contribution in [0, 0.1) is 5.92 Å². The van der Waals surface area contributed by atoms with Crippen LogP contribution in [0.3, 0.4) is 0 Å². The van der Waals surface area contributed by atoms with E-state index in [1.54, 1.807) is 0 Å². The van der Waals surface area contributed by atoms with Crippen LogP contribution < -0.4 is 0 Å². The highest BCUT2D eigenvalue weighted by molar-refractivity contribution is 8.01. The number of nitrogens with zero attached hydrogens (tertiary/aromatic N) is 1. The Morgan fingerprint density at radius 2 is 2.00 bits per heavy atom. The average Bonchev–Trinajstić information content (AvgIpc) is 2.74. The zero-order chi connectivity index (χ0) is 16.8. The molecule has 1 aromatic rings. The first kappa shape index (κ1) is 16.3. The number of benzene rings is 1. The molecule has 0 unspecified atom stereocenters. The summed E-state index contributed by atoms with van der Waals surface area (Å²) in [6.45, 7) is 3.69. The fraction of sp³-hybridized carbons (Fsp3) is 0.529. The van der Waals surface area contributed by atoms with E-state index in [4.69, 9.17) is 0 Å². The minimum Gasteiger partial charge on any atom is -0.480 e. The fourth-order valence-electron chi connectivity index (χ4n) is 3.54. The summed E-state index contributed by atoms with van der Waals surface area (Å²) in [6, 6.07) is 9.01. The normalized spacial score (nSPS) is 29.8. The number of rotatable bonds is 5. The van der Waals surface area contributed by atoms with Gasteiger partial charge in [-0.15, -0.1) is 11.8 Å². The Morgan fingerprint density at radius 1 is 1.35 bits per heavy atom. The summed E-state index contributed by atoms with van der Waals surface area (Å²) < 4.78 is -0.542. The summed E-state index contributed by atoms with van der Waals surface area (Å²) in [5.74, 6) is -1.70. The van der Waals surface area contributed by atoms with Gasteiger partial charge in [0.1, 0.15) is 6.04 Å². The molecule has 2 aliphatic heterocycles. The Labute approximate surface area is 139 Å². The van der Waals surface area contributed by atoms with Gasteiger partial charge in [0.25, 0.3) is 0 Å². The van der Waals surface area contributed by atoms with E-state index in [1.807, 2.05) is 44.2 Å². The SMILES string of the molecule is CC1(C)S[C@@H]2[C@H]([C@@H](O)CCc3ccccc3)C(=O)N2[C@H]1C(=O)O. The van der Waals surface area contributed by atoms with Crippen LogP contribution in [0.2, 0.25) is 0 Å². The molecule has 2 heterocycles. The van der Waals surface area contributed by atoms with Gasteiger partial charge in [0.05, 0.1) is 17.4 Å². The van der Waals surface area contributed by atoms with Crippen LogP contribution in [0.4, 0.5) is 0 Å². The molecule has 1 amide bonds. The minimum absolute atomic E-state index is 0.232. The van der Waals surface area contributed by atoms with E-state index in [-0.39, 0.29) is 11.3 Å². The molecule has 0 bridgehead atoms. The maximum Gasteiger partial charge on any atom is 0.327 e. The monoisotopic (exact) mass is 335 g/mol. The van der Waals surface area contributed by atoms with Gasteiger partial charge in [0.2, 0.25) is 5.91 Å². The van der Waals surface area contributed by atoms with Crippen LogP contribution in [0.15, 0.2) is 30.3 Å². The lowest BCUT2D eigenvalue weighted by Gasteiger charge is -2.45. The molecule has 0 radical (unpaired) electrons. The third kappa shape index (κ3) is 2.74. The van der Waals surface area contributed by atoms with Gasteiger partial charge in [-0.3, -0.25) is 4.79 Å². The molecule has 1 aromatic carbocycles. The zero-order valence-electron chi connectivity index (χ0n) is 13.2. The van der Waals surface area contributed by atoms with Crippen molar-refractivity contribution in [1.29, 1.82) is 0 Å². The number of carboxylic acid groups (broad SMARTS) is 1. The first-order valence-corrected chi connectivity index (χ1v) is 8.65. The smallest absolute Gasteiger partial charge is 0.327 e. The predicted molar refractivity (Wildman–Crippen MR) is 88.0 cm³/mol. The molecular formula is C17H21NO4S. The average molecular weight is 335 g/mol. The second kappa shape index (κ2) is 5.83. The lowest BCUT2D eigenvalue weighted by Crippen LogP contribution is -2.65. The van der Waals surface area contributed by atoms with Crippen LogP contribution >= 0.6 is 11.8 Å². The second-order valence-corrected chi connectivity index (χ2v) is 8.49. The number of fused-ring (bicyclic) bond motifs is 1. The number of aryl methyl sites for hydroxylation is 1. The fourth-order valence-corrected chi connectivity index (χ4v) is 5.28. The first-order chi connectivity index (χ1) is 10.8.